The number of hydrogen-bond acceptors (Lipinski definition) is 3. The molecule has 37 heavy (non-hydrogen) atoms. The molecule has 4 heteroatoms. The summed E-state index contributed by atoms with van der Waals surface area (Å²) in [5.74, 6) is 1.73. The second-order valence-corrected chi connectivity index (χ2v) is 19.8. The van der Waals surface area contributed by atoms with Gasteiger partial charge in [0.1, 0.15) is 0 Å². The molecule has 0 aliphatic heterocycles. The summed E-state index contributed by atoms with van der Waals surface area (Å²) in [6, 6.07) is 0. The maximum Gasteiger partial charge on any atom is 0.195 e. The summed E-state index contributed by atoms with van der Waals surface area (Å²) in [5, 5.41) is 22.3. The SMILES string of the molecule is C=C1/C(=C\C=C2CCC[C@@]3(C)C2CC[C@@H]3[C@H](C)CCCC(C)C)C[C@](O)(O[Si](C)(C)C(C)(C)C)C[C@H]1O. The Hall–Kier alpha value is -0.683. The molecule has 0 saturated heterocycles. The van der Waals surface area contributed by atoms with Gasteiger partial charge in [0, 0.05) is 12.8 Å². The van der Waals surface area contributed by atoms with Crippen molar-refractivity contribution in [2.45, 2.75) is 143 Å². The molecule has 212 valence electrons. The minimum Gasteiger partial charge on any atom is -0.390 e. The summed E-state index contributed by atoms with van der Waals surface area (Å²) >= 11 is 0. The molecule has 0 spiro atoms. The van der Waals surface area contributed by atoms with Crippen molar-refractivity contribution in [3.05, 3.63) is 35.5 Å². The van der Waals surface area contributed by atoms with Crippen LogP contribution >= 0.6 is 0 Å². The summed E-state index contributed by atoms with van der Waals surface area (Å²) in [7, 11) is -2.20. The summed E-state index contributed by atoms with van der Waals surface area (Å²) in [6.07, 6.45) is 14.8. The number of aliphatic hydroxyl groups is 2. The molecule has 0 heterocycles. The Morgan fingerprint density at radius 3 is 2.43 bits per heavy atom. The van der Waals surface area contributed by atoms with Crippen LogP contribution in [0.2, 0.25) is 18.1 Å². The van der Waals surface area contributed by atoms with Gasteiger partial charge in [0.15, 0.2) is 14.1 Å². The molecule has 3 aliphatic rings. The molecule has 0 amide bonds. The van der Waals surface area contributed by atoms with Gasteiger partial charge in [-0.05, 0) is 90.5 Å². The van der Waals surface area contributed by atoms with Gasteiger partial charge in [-0.25, -0.2) is 0 Å². The number of aliphatic hydroxyl groups excluding tert-OH is 1. The topological polar surface area (TPSA) is 49.7 Å². The summed E-state index contributed by atoms with van der Waals surface area (Å²) in [4.78, 5) is 0. The first-order chi connectivity index (χ1) is 17.0. The van der Waals surface area contributed by atoms with Crippen LogP contribution in [0, 0.1) is 29.1 Å². The molecular formula is C33H58O3Si. The molecule has 6 atom stereocenters. The molecule has 2 N–H and O–H groups in total. The van der Waals surface area contributed by atoms with E-state index in [4.69, 9.17) is 4.43 Å². The Morgan fingerprint density at radius 1 is 1.14 bits per heavy atom. The van der Waals surface area contributed by atoms with E-state index in [0.29, 0.717) is 17.8 Å². The molecule has 0 radical (unpaired) electrons. The summed E-state index contributed by atoms with van der Waals surface area (Å²) in [5.41, 5.74) is 3.65. The van der Waals surface area contributed by atoms with Crippen LogP contribution in [-0.2, 0) is 4.43 Å². The molecule has 3 nitrogen and oxygen atoms in total. The van der Waals surface area contributed by atoms with E-state index >= 15 is 0 Å². The van der Waals surface area contributed by atoms with E-state index in [0.717, 1.165) is 35.3 Å². The first-order valence-electron chi connectivity index (χ1n) is 15.2. The third-order valence-corrected chi connectivity index (χ3v) is 15.2. The van der Waals surface area contributed by atoms with Crippen molar-refractivity contribution >= 4 is 8.32 Å². The molecule has 0 aromatic rings. The monoisotopic (exact) mass is 530 g/mol. The molecule has 0 aromatic heterocycles. The van der Waals surface area contributed by atoms with E-state index in [1.807, 2.05) is 0 Å². The van der Waals surface area contributed by atoms with Gasteiger partial charge in [-0.1, -0.05) is 92.0 Å². The Bertz CT molecular complexity index is 878. The average Bonchev–Trinajstić information content (AvgIpc) is 3.11. The van der Waals surface area contributed by atoms with Crippen molar-refractivity contribution in [1.29, 1.82) is 0 Å². The molecule has 3 aliphatic carbocycles. The number of fused-ring (bicyclic) bond motifs is 1. The third-order valence-electron chi connectivity index (χ3n) is 10.7. The van der Waals surface area contributed by atoms with Crippen LogP contribution in [0.3, 0.4) is 0 Å². The molecular weight excluding hydrogens is 472 g/mol. The highest BCUT2D eigenvalue weighted by molar-refractivity contribution is 6.74. The van der Waals surface area contributed by atoms with E-state index in [9.17, 15) is 10.2 Å². The predicted molar refractivity (Wildman–Crippen MR) is 160 cm³/mol. The Kier molecular flexibility index (Phi) is 9.53. The highest BCUT2D eigenvalue weighted by Gasteiger charge is 2.51. The molecule has 3 fully saturated rings. The zero-order valence-corrected chi connectivity index (χ0v) is 26.6. The lowest BCUT2D eigenvalue weighted by Crippen LogP contribution is -2.53. The number of rotatable bonds is 8. The highest BCUT2D eigenvalue weighted by atomic mass is 28.4. The summed E-state index contributed by atoms with van der Waals surface area (Å²) in [6.45, 7) is 24.8. The van der Waals surface area contributed by atoms with Crippen LogP contribution in [-0.4, -0.2) is 30.4 Å². The predicted octanol–water partition coefficient (Wildman–Crippen LogP) is 8.94. The smallest absolute Gasteiger partial charge is 0.195 e. The van der Waals surface area contributed by atoms with Crippen LogP contribution in [0.15, 0.2) is 35.5 Å². The van der Waals surface area contributed by atoms with E-state index in [-0.39, 0.29) is 11.5 Å². The largest absolute Gasteiger partial charge is 0.390 e. The zero-order chi connectivity index (χ0) is 27.8. The van der Waals surface area contributed by atoms with Crippen LogP contribution in [0.4, 0.5) is 0 Å². The molecule has 1 unspecified atom stereocenters. The van der Waals surface area contributed by atoms with Crippen molar-refractivity contribution in [2.24, 2.45) is 29.1 Å². The van der Waals surface area contributed by atoms with Gasteiger partial charge in [-0.3, -0.25) is 0 Å². The van der Waals surface area contributed by atoms with E-state index < -0.39 is 20.2 Å². The lowest BCUT2D eigenvalue weighted by molar-refractivity contribution is -0.169. The van der Waals surface area contributed by atoms with Crippen molar-refractivity contribution in [1.82, 2.24) is 0 Å². The normalized spacial score (nSPS) is 36.4. The van der Waals surface area contributed by atoms with Crippen molar-refractivity contribution in [2.75, 3.05) is 0 Å². The van der Waals surface area contributed by atoms with Crippen LogP contribution in [0.25, 0.3) is 0 Å². The second kappa shape index (κ2) is 11.4. The Balaban J connectivity index is 1.78. The first kappa shape index (κ1) is 30.9. The van der Waals surface area contributed by atoms with Crippen LogP contribution in [0.1, 0.15) is 113 Å². The standard InChI is InChI=1S/C33H58O3Si/c1-23(2)13-11-14-24(3)28-18-19-29-26(15-12-20-32(28,29)8)16-17-27-21-33(35,22-30(34)25(27)4)36-37(9,10)31(5,6)7/h16-17,23-24,28-30,34-35H,4,11-15,18-22H2,1-3,5-10H3/b26-16?,27-17-/t24-,28-,29?,30-,32-,33+/m1/s1. The van der Waals surface area contributed by atoms with Gasteiger partial charge in [0.2, 0.25) is 0 Å². The second-order valence-electron chi connectivity index (χ2n) is 15.1. The van der Waals surface area contributed by atoms with Gasteiger partial charge >= 0.3 is 0 Å². The van der Waals surface area contributed by atoms with Crippen molar-refractivity contribution in [3.8, 4) is 0 Å². The molecule has 0 aromatic carbocycles. The molecule has 3 rings (SSSR count). The Labute approximate surface area is 230 Å². The van der Waals surface area contributed by atoms with E-state index in [1.54, 1.807) is 5.57 Å². The minimum atomic E-state index is -2.20. The van der Waals surface area contributed by atoms with Gasteiger partial charge in [-0.2, -0.15) is 0 Å². The quantitative estimate of drug-likeness (QED) is 0.243. The maximum absolute atomic E-state index is 11.5. The maximum atomic E-state index is 11.5. The van der Waals surface area contributed by atoms with E-state index in [1.165, 1.54) is 44.9 Å². The fourth-order valence-electron chi connectivity index (χ4n) is 7.47. The van der Waals surface area contributed by atoms with Gasteiger partial charge in [0.05, 0.1) is 6.10 Å². The third kappa shape index (κ3) is 6.91. The number of hydrogen-bond donors (Lipinski definition) is 2. The fraction of sp³-hybridized carbons (Fsp3) is 0.818. The van der Waals surface area contributed by atoms with Gasteiger partial charge in [-0.15, -0.1) is 0 Å². The minimum absolute atomic E-state index is 0.00845. The average molecular weight is 531 g/mol. The van der Waals surface area contributed by atoms with Crippen molar-refractivity contribution in [3.63, 3.8) is 0 Å². The fourth-order valence-corrected chi connectivity index (χ4v) is 8.88. The lowest BCUT2D eigenvalue weighted by atomic mass is 9.60. The van der Waals surface area contributed by atoms with Gasteiger partial charge in [0.25, 0.3) is 0 Å². The highest BCUT2D eigenvalue weighted by Crippen LogP contribution is 2.60. The van der Waals surface area contributed by atoms with Gasteiger partial charge < -0.3 is 14.6 Å². The van der Waals surface area contributed by atoms with Crippen molar-refractivity contribution < 1.29 is 14.6 Å². The number of allylic oxidation sites excluding steroid dienone is 3. The zero-order valence-electron chi connectivity index (χ0n) is 25.6. The molecule has 0 bridgehead atoms. The van der Waals surface area contributed by atoms with Crippen LogP contribution < -0.4 is 0 Å². The Morgan fingerprint density at radius 2 is 1.81 bits per heavy atom. The summed E-state index contributed by atoms with van der Waals surface area (Å²) < 4.78 is 6.48. The first-order valence-corrected chi connectivity index (χ1v) is 18.1. The van der Waals surface area contributed by atoms with E-state index in [2.05, 4.69) is 80.3 Å². The van der Waals surface area contributed by atoms with Crippen LogP contribution in [0.5, 0.6) is 0 Å². The molecule has 3 saturated carbocycles. The lowest BCUT2D eigenvalue weighted by Gasteiger charge is -2.46.